The Hall–Kier alpha value is -3.42. The van der Waals surface area contributed by atoms with Crippen LogP contribution in [0.1, 0.15) is 113 Å². The second-order valence-corrected chi connectivity index (χ2v) is 14.3. The van der Waals surface area contributed by atoms with E-state index >= 15 is 0 Å². The number of halogens is 3. The zero-order chi connectivity index (χ0) is 31.8. The highest BCUT2D eigenvalue weighted by atomic mass is 19.4. The Balaban J connectivity index is 1.76. The molecule has 0 unspecified atom stereocenters. The van der Waals surface area contributed by atoms with E-state index in [1.54, 1.807) is 36.4 Å². The number of hydrogen-bond donors (Lipinski definition) is 1. The number of aliphatic imine (C=N–C) groups is 1. The molecule has 2 aliphatic rings. The number of amides is 1. The molecule has 1 saturated carbocycles. The highest BCUT2D eigenvalue weighted by Gasteiger charge is 2.52. The minimum atomic E-state index is -4.46. The molecule has 1 N–H and O–H groups in total. The Kier molecular flexibility index (Phi) is 9.01. The molecule has 43 heavy (non-hydrogen) atoms. The van der Waals surface area contributed by atoms with Crippen LogP contribution in [0.2, 0.25) is 0 Å². The average Bonchev–Trinajstić information content (AvgIpc) is 3.17. The summed E-state index contributed by atoms with van der Waals surface area (Å²) in [5.41, 5.74) is 0.165. The van der Waals surface area contributed by atoms with Crippen molar-refractivity contribution in [3.05, 3.63) is 76.9 Å². The molecule has 1 amide bonds. The van der Waals surface area contributed by atoms with Gasteiger partial charge in [-0.15, -0.1) is 0 Å². The summed E-state index contributed by atoms with van der Waals surface area (Å²) >= 11 is 0. The van der Waals surface area contributed by atoms with Gasteiger partial charge in [-0.05, 0) is 96.7 Å². The first-order valence-electron chi connectivity index (χ1n) is 15.0. The maximum atomic E-state index is 14.3. The molecule has 2 aromatic rings. The van der Waals surface area contributed by atoms with E-state index in [2.05, 4.69) is 41.5 Å². The smallest absolute Gasteiger partial charge is 0.416 e. The van der Waals surface area contributed by atoms with Crippen molar-refractivity contribution in [2.24, 2.45) is 21.7 Å². The van der Waals surface area contributed by atoms with Crippen molar-refractivity contribution in [1.29, 1.82) is 0 Å². The summed E-state index contributed by atoms with van der Waals surface area (Å²) in [6.45, 7) is 13.1. The molecule has 0 bridgehead atoms. The van der Waals surface area contributed by atoms with Crippen LogP contribution >= 0.6 is 0 Å². The first kappa shape index (κ1) is 32.5. The van der Waals surface area contributed by atoms with E-state index in [0.717, 1.165) is 37.0 Å². The molecular weight excluding hydrogens is 553 g/mol. The zero-order valence-electron chi connectivity index (χ0n) is 26.0. The number of carboxylic acid groups (broad SMARTS) is 1. The molecule has 0 aromatic heterocycles. The monoisotopic (exact) mass is 596 g/mol. The molecule has 1 heterocycles. The van der Waals surface area contributed by atoms with Gasteiger partial charge in [0.25, 0.3) is 5.91 Å². The summed E-state index contributed by atoms with van der Waals surface area (Å²) in [4.78, 5) is 32.8. The number of carbonyl (C=O) groups is 2. The Morgan fingerprint density at radius 3 is 2.19 bits per heavy atom. The van der Waals surface area contributed by atoms with Gasteiger partial charge in [-0.1, -0.05) is 71.9 Å². The van der Waals surface area contributed by atoms with E-state index < -0.39 is 23.4 Å². The minimum absolute atomic E-state index is 0.00776. The van der Waals surface area contributed by atoms with Crippen molar-refractivity contribution in [3.63, 3.8) is 0 Å². The molecule has 5 nitrogen and oxygen atoms in total. The fourth-order valence-electron chi connectivity index (χ4n) is 6.33. The number of carboxylic acids is 1. The molecule has 1 fully saturated rings. The van der Waals surface area contributed by atoms with Crippen LogP contribution in [0.15, 0.2) is 59.6 Å². The van der Waals surface area contributed by atoms with Gasteiger partial charge in [0.05, 0.1) is 17.2 Å². The lowest BCUT2D eigenvalue weighted by atomic mass is 9.69. The van der Waals surface area contributed by atoms with E-state index in [1.165, 1.54) is 12.1 Å². The van der Waals surface area contributed by atoms with Crippen LogP contribution < -0.4 is 0 Å². The van der Waals surface area contributed by atoms with Gasteiger partial charge in [-0.3, -0.25) is 9.79 Å². The highest BCUT2D eigenvalue weighted by molar-refractivity contribution is 6.45. The highest BCUT2D eigenvalue weighted by Crippen LogP contribution is 2.50. The summed E-state index contributed by atoms with van der Waals surface area (Å²) in [6, 6.07) is 11.4. The number of aromatic carboxylic acids is 1. The number of benzene rings is 2. The Bertz CT molecular complexity index is 1390. The van der Waals surface area contributed by atoms with Gasteiger partial charge in [0.2, 0.25) is 0 Å². The predicted molar refractivity (Wildman–Crippen MR) is 164 cm³/mol. The normalized spacial score (nSPS) is 22.3. The molecule has 1 aliphatic heterocycles. The van der Waals surface area contributed by atoms with Crippen molar-refractivity contribution in [2.45, 2.75) is 97.9 Å². The van der Waals surface area contributed by atoms with Gasteiger partial charge in [0, 0.05) is 0 Å². The van der Waals surface area contributed by atoms with Crippen LogP contribution in [-0.4, -0.2) is 33.3 Å². The van der Waals surface area contributed by atoms with Gasteiger partial charge < -0.3 is 10.0 Å². The van der Waals surface area contributed by atoms with Crippen LogP contribution in [0, 0.1) is 16.7 Å². The second-order valence-electron chi connectivity index (χ2n) is 14.3. The largest absolute Gasteiger partial charge is 0.478 e. The maximum Gasteiger partial charge on any atom is 0.416 e. The van der Waals surface area contributed by atoms with Crippen molar-refractivity contribution < 1.29 is 27.9 Å². The third kappa shape index (κ3) is 7.57. The van der Waals surface area contributed by atoms with Gasteiger partial charge in [0.1, 0.15) is 11.4 Å². The van der Waals surface area contributed by atoms with Crippen LogP contribution in [-0.2, 0) is 11.0 Å². The third-order valence-electron chi connectivity index (χ3n) is 8.90. The molecular formula is C35H43F3N2O3. The number of carbonyl (C=O) groups excluding carboxylic acids is 1. The average molecular weight is 597 g/mol. The fraction of sp³-hybridized carbons (Fsp3) is 0.514. The van der Waals surface area contributed by atoms with Gasteiger partial charge in [0.15, 0.2) is 0 Å². The molecule has 0 radical (unpaired) electrons. The minimum Gasteiger partial charge on any atom is -0.478 e. The van der Waals surface area contributed by atoms with E-state index in [4.69, 9.17) is 4.99 Å². The molecule has 4 rings (SSSR count). The van der Waals surface area contributed by atoms with Crippen LogP contribution in [0.3, 0.4) is 0 Å². The Labute approximate surface area is 252 Å². The standard InChI is InChI=1S/C35H43F3N2O3/c1-32(2,3)19-18-29(24-11-13-25(14-12-24)31(42)43)40-30(41)28(15-10-23-8-7-9-27(22-23)35(36,37)38)39-34(40)20-16-26(17-21-34)33(4,5)6/h7-15,22,26,29H,16-21H2,1-6H3,(H,42,43)/b15-10+/t26?,29-,34?/m1/s1. The zero-order valence-corrected chi connectivity index (χ0v) is 26.0. The number of hydrogen-bond acceptors (Lipinski definition) is 3. The number of nitrogens with zero attached hydrogens (tertiary/aromatic N) is 2. The quantitative estimate of drug-likeness (QED) is 0.346. The van der Waals surface area contributed by atoms with E-state index in [9.17, 15) is 27.9 Å². The van der Waals surface area contributed by atoms with Crippen LogP contribution in [0.25, 0.3) is 6.08 Å². The molecule has 2 aromatic carbocycles. The van der Waals surface area contributed by atoms with Crippen molar-refractivity contribution in [1.82, 2.24) is 4.90 Å². The maximum absolute atomic E-state index is 14.3. The van der Waals surface area contributed by atoms with E-state index in [0.29, 0.717) is 30.7 Å². The third-order valence-corrected chi connectivity index (χ3v) is 8.90. The summed E-state index contributed by atoms with van der Waals surface area (Å²) in [7, 11) is 0. The van der Waals surface area contributed by atoms with Gasteiger partial charge >= 0.3 is 12.1 Å². The lowest BCUT2D eigenvalue weighted by Crippen LogP contribution is -2.51. The topological polar surface area (TPSA) is 70.0 Å². The number of alkyl halides is 3. The predicted octanol–water partition coefficient (Wildman–Crippen LogP) is 9.20. The summed E-state index contributed by atoms with van der Waals surface area (Å²) in [6.07, 6.45) is 3.23. The SMILES string of the molecule is CC(C)(C)CC[C@H](c1ccc(C(=O)O)cc1)N1C(=O)C(/C=C/c2cccc(C(F)(F)F)c2)=NC12CCC(C(C)(C)C)CC2. The Morgan fingerprint density at radius 2 is 1.65 bits per heavy atom. The molecule has 1 spiro atoms. The second kappa shape index (κ2) is 11.9. The lowest BCUT2D eigenvalue weighted by Gasteiger charge is -2.47. The van der Waals surface area contributed by atoms with Crippen LogP contribution in [0.4, 0.5) is 13.2 Å². The van der Waals surface area contributed by atoms with Gasteiger partial charge in [-0.25, -0.2) is 4.79 Å². The number of rotatable bonds is 7. The Morgan fingerprint density at radius 1 is 1.02 bits per heavy atom. The summed E-state index contributed by atoms with van der Waals surface area (Å²) in [5, 5.41) is 9.46. The van der Waals surface area contributed by atoms with Crippen LogP contribution in [0.5, 0.6) is 0 Å². The van der Waals surface area contributed by atoms with Crippen molar-refractivity contribution >= 4 is 23.7 Å². The first-order chi connectivity index (χ1) is 19.9. The first-order valence-corrected chi connectivity index (χ1v) is 15.0. The summed E-state index contributed by atoms with van der Waals surface area (Å²) in [5.74, 6) is -0.797. The molecule has 1 atom stereocenters. The molecule has 8 heteroatoms. The fourth-order valence-corrected chi connectivity index (χ4v) is 6.33. The van der Waals surface area contributed by atoms with E-state index in [-0.39, 0.29) is 34.1 Å². The summed E-state index contributed by atoms with van der Waals surface area (Å²) < 4.78 is 39.9. The lowest BCUT2D eigenvalue weighted by molar-refractivity contribution is -0.137. The van der Waals surface area contributed by atoms with Crippen molar-refractivity contribution in [3.8, 4) is 0 Å². The molecule has 1 aliphatic carbocycles. The van der Waals surface area contributed by atoms with Gasteiger partial charge in [-0.2, -0.15) is 13.2 Å². The van der Waals surface area contributed by atoms with E-state index in [1.807, 2.05) is 4.90 Å². The van der Waals surface area contributed by atoms with Crippen molar-refractivity contribution in [2.75, 3.05) is 0 Å². The molecule has 232 valence electrons. The molecule has 0 saturated heterocycles.